The Hall–Kier alpha value is -3.19. The maximum absolute atomic E-state index is 13.3. The highest BCUT2D eigenvalue weighted by Crippen LogP contribution is 2.34. The summed E-state index contributed by atoms with van der Waals surface area (Å²) in [6, 6.07) is 15.0. The van der Waals surface area contributed by atoms with Gasteiger partial charge in [0.2, 0.25) is 11.8 Å². The third-order valence-corrected chi connectivity index (χ3v) is 5.69. The summed E-state index contributed by atoms with van der Waals surface area (Å²) >= 11 is 0. The van der Waals surface area contributed by atoms with E-state index in [1.165, 1.54) is 12.7 Å². The largest absolute Gasteiger partial charge is 0.480 e. The molecule has 0 aliphatic heterocycles. The van der Waals surface area contributed by atoms with E-state index in [9.17, 15) is 14.7 Å². The monoisotopic (exact) mass is 407 g/mol. The van der Waals surface area contributed by atoms with Crippen molar-refractivity contribution < 1.29 is 14.6 Å². The Morgan fingerprint density at radius 2 is 1.93 bits per heavy atom. The summed E-state index contributed by atoms with van der Waals surface area (Å²) in [5, 5.41) is 14.9. The van der Waals surface area contributed by atoms with Crippen LogP contribution in [-0.2, 0) is 17.8 Å². The fourth-order valence-corrected chi connectivity index (χ4v) is 4.30. The number of hydrogen-bond donors (Lipinski definition) is 1. The second-order valence-corrected chi connectivity index (χ2v) is 7.44. The molecule has 0 bridgehead atoms. The summed E-state index contributed by atoms with van der Waals surface area (Å²) in [6.45, 7) is -0.149. The minimum Gasteiger partial charge on any atom is -0.480 e. The second kappa shape index (κ2) is 8.67. The van der Waals surface area contributed by atoms with Crippen LogP contribution >= 0.6 is 0 Å². The lowest BCUT2D eigenvalue weighted by molar-refractivity contribution is -0.135. The first-order chi connectivity index (χ1) is 14.6. The van der Waals surface area contributed by atoms with Crippen LogP contribution in [0.3, 0.4) is 0 Å². The molecule has 0 saturated heterocycles. The molecule has 7 heteroatoms. The summed E-state index contributed by atoms with van der Waals surface area (Å²) in [5.74, 6) is 0.0485. The number of aromatic nitrogens is 2. The first-order valence-corrected chi connectivity index (χ1v) is 10.2. The van der Waals surface area contributed by atoms with Crippen LogP contribution in [0, 0.1) is 0 Å². The molecule has 30 heavy (non-hydrogen) atoms. The van der Waals surface area contributed by atoms with Gasteiger partial charge >= 0.3 is 0 Å². The van der Waals surface area contributed by atoms with Gasteiger partial charge in [-0.2, -0.15) is 0 Å². The van der Waals surface area contributed by atoms with Crippen molar-refractivity contribution >= 4 is 16.7 Å². The number of rotatable bonds is 6. The molecule has 0 radical (unpaired) electrons. The average molecular weight is 407 g/mol. The molecule has 1 aromatic heterocycles. The van der Waals surface area contributed by atoms with E-state index in [4.69, 9.17) is 4.74 Å². The van der Waals surface area contributed by atoms with Crippen LogP contribution in [0.5, 0.6) is 5.88 Å². The fraction of sp³-hybridized carbons (Fsp3) is 0.348. The highest BCUT2D eigenvalue weighted by Gasteiger charge is 2.29. The molecule has 0 saturated carbocycles. The normalized spacial score (nSPS) is 15.6. The first-order valence-electron chi connectivity index (χ1n) is 10.2. The van der Waals surface area contributed by atoms with E-state index in [2.05, 4.69) is 11.2 Å². The van der Waals surface area contributed by atoms with Gasteiger partial charge in [-0.05, 0) is 42.5 Å². The number of ether oxygens (including phenoxy) is 1. The Morgan fingerprint density at radius 1 is 1.20 bits per heavy atom. The maximum atomic E-state index is 13.3. The zero-order chi connectivity index (χ0) is 21.1. The third kappa shape index (κ3) is 3.68. The number of nitrogens with zero attached hydrogens (tertiary/aromatic N) is 3. The van der Waals surface area contributed by atoms with E-state index in [-0.39, 0.29) is 37.2 Å². The van der Waals surface area contributed by atoms with Crippen LogP contribution in [0.25, 0.3) is 10.8 Å². The van der Waals surface area contributed by atoms with Gasteiger partial charge in [-0.25, -0.2) is 4.68 Å². The Bertz CT molecular complexity index is 1120. The smallest absolute Gasteiger partial charge is 0.275 e. The molecule has 7 nitrogen and oxygen atoms in total. The number of hydrogen-bond acceptors (Lipinski definition) is 5. The van der Waals surface area contributed by atoms with E-state index < -0.39 is 0 Å². The highest BCUT2D eigenvalue weighted by atomic mass is 16.5. The van der Waals surface area contributed by atoms with Crippen molar-refractivity contribution in [2.75, 3.05) is 20.3 Å². The number of benzene rings is 2. The molecule has 1 amide bonds. The molecule has 4 rings (SSSR count). The average Bonchev–Trinajstić information content (AvgIpc) is 2.79. The van der Waals surface area contributed by atoms with Gasteiger partial charge in [-0.3, -0.25) is 9.59 Å². The van der Waals surface area contributed by atoms with E-state index in [0.29, 0.717) is 16.7 Å². The molecule has 1 aliphatic carbocycles. The van der Waals surface area contributed by atoms with Gasteiger partial charge in [0.25, 0.3) is 5.56 Å². The summed E-state index contributed by atoms with van der Waals surface area (Å²) in [5.41, 5.74) is 2.00. The number of carbonyl (C=O) groups is 1. The Morgan fingerprint density at radius 3 is 2.70 bits per heavy atom. The molecule has 0 fully saturated rings. The van der Waals surface area contributed by atoms with Gasteiger partial charge in [-0.15, -0.1) is 5.10 Å². The summed E-state index contributed by atoms with van der Waals surface area (Å²) in [6.07, 6.45) is 2.78. The van der Waals surface area contributed by atoms with Crippen molar-refractivity contribution in [3.05, 3.63) is 70.0 Å². The summed E-state index contributed by atoms with van der Waals surface area (Å²) in [7, 11) is 1.49. The number of aliphatic hydroxyl groups is 1. The topological polar surface area (TPSA) is 84.7 Å². The predicted molar refractivity (Wildman–Crippen MR) is 113 cm³/mol. The highest BCUT2D eigenvalue weighted by molar-refractivity contribution is 5.86. The minimum atomic E-state index is -0.340. The molecule has 156 valence electrons. The van der Waals surface area contributed by atoms with Gasteiger partial charge in [0.05, 0.1) is 30.5 Å². The van der Waals surface area contributed by atoms with Crippen molar-refractivity contribution in [2.24, 2.45) is 0 Å². The zero-order valence-electron chi connectivity index (χ0n) is 17.0. The van der Waals surface area contributed by atoms with Crippen LogP contribution in [0.15, 0.2) is 53.3 Å². The van der Waals surface area contributed by atoms with E-state index in [1.807, 2.05) is 24.3 Å². The van der Waals surface area contributed by atoms with Gasteiger partial charge in [0, 0.05) is 6.54 Å². The Balaban J connectivity index is 1.68. The molecule has 1 heterocycles. The molecular formula is C23H25N3O4. The van der Waals surface area contributed by atoms with Gasteiger partial charge in [0.15, 0.2) is 0 Å². The summed E-state index contributed by atoms with van der Waals surface area (Å²) < 4.78 is 6.50. The quantitative estimate of drug-likeness (QED) is 0.678. The fourth-order valence-electron chi connectivity index (χ4n) is 4.30. The lowest BCUT2D eigenvalue weighted by Gasteiger charge is -2.35. The number of carbonyl (C=O) groups excluding carboxylic acids is 1. The maximum Gasteiger partial charge on any atom is 0.275 e. The van der Waals surface area contributed by atoms with Crippen molar-refractivity contribution in [3.63, 3.8) is 0 Å². The van der Waals surface area contributed by atoms with Crippen molar-refractivity contribution in [2.45, 2.75) is 31.8 Å². The van der Waals surface area contributed by atoms with Crippen LogP contribution in [0.4, 0.5) is 0 Å². The number of aryl methyl sites for hydroxylation is 1. The number of methoxy groups -OCH3 is 1. The molecule has 1 aliphatic rings. The van der Waals surface area contributed by atoms with E-state index in [0.717, 1.165) is 29.5 Å². The first kappa shape index (κ1) is 20.1. The number of amides is 1. The van der Waals surface area contributed by atoms with Crippen LogP contribution in [-0.4, -0.2) is 46.0 Å². The van der Waals surface area contributed by atoms with Gasteiger partial charge in [0.1, 0.15) is 6.54 Å². The minimum absolute atomic E-state index is 0.118. The van der Waals surface area contributed by atoms with Crippen molar-refractivity contribution in [3.8, 4) is 5.88 Å². The second-order valence-electron chi connectivity index (χ2n) is 7.44. The number of aliphatic hydroxyl groups excluding tert-OH is 1. The lowest BCUT2D eigenvalue weighted by Crippen LogP contribution is -2.42. The Kier molecular flexibility index (Phi) is 5.81. The SMILES string of the molecule is COc1nn(CC(=O)N(CCO)C2CCCc3ccccc32)c(=O)c2ccccc12. The summed E-state index contributed by atoms with van der Waals surface area (Å²) in [4.78, 5) is 27.9. The predicted octanol–water partition coefficient (Wildman–Crippen LogP) is 2.30. The number of fused-ring (bicyclic) bond motifs is 2. The molecule has 1 atom stereocenters. The molecule has 1 N–H and O–H groups in total. The van der Waals surface area contributed by atoms with Gasteiger partial charge < -0.3 is 14.7 Å². The lowest BCUT2D eigenvalue weighted by atomic mass is 9.86. The van der Waals surface area contributed by atoms with E-state index in [1.54, 1.807) is 23.1 Å². The van der Waals surface area contributed by atoms with E-state index >= 15 is 0 Å². The van der Waals surface area contributed by atoms with Crippen molar-refractivity contribution in [1.82, 2.24) is 14.7 Å². The Labute approximate surface area is 174 Å². The molecule has 1 unspecified atom stereocenters. The molecule has 3 aromatic rings. The van der Waals surface area contributed by atoms with Crippen molar-refractivity contribution in [1.29, 1.82) is 0 Å². The van der Waals surface area contributed by atoms with Crippen LogP contribution in [0.2, 0.25) is 0 Å². The molecule has 0 spiro atoms. The zero-order valence-corrected chi connectivity index (χ0v) is 17.0. The van der Waals surface area contributed by atoms with Crippen LogP contribution < -0.4 is 10.3 Å². The molecule has 2 aromatic carbocycles. The standard InChI is InChI=1S/C23H25N3O4/c1-30-22-18-10-4-5-11-19(18)23(29)26(24-22)15-21(28)25(13-14-27)20-12-6-8-16-7-2-3-9-17(16)20/h2-5,7,9-11,20,27H,6,8,12-15H2,1H3. The third-order valence-electron chi connectivity index (χ3n) is 5.69. The molecular weight excluding hydrogens is 382 g/mol. The van der Waals surface area contributed by atoms with Crippen LogP contribution in [0.1, 0.15) is 30.0 Å². The van der Waals surface area contributed by atoms with Gasteiger partial charge in [-0.1, -0.05) is 36.4 Å².